The van der Waals surface area contributed by atoms with Gasteiger partial charge in [0.2, 0.25) is 10.0 Å². The fourth-order valence-electron chi connectivity index (χ4n) is 3.82. The van der Waals surface area contributed by atoms with Crippen LogP contribution in [0, 0.1) is 18.4 Å². The SMILES string of the molecule is C=C(/C(C#C[Si](CC)(CC)CC)=C/CCCCCC)C(C)N(C)S(=O)(=O)c1ccc(C)cc1. The molecule has 1 atom stereocenters. The van der Waals surface area contributed by atoms with Gasteiger partial charge >= 0.3 is 0 Å². The maximum absolute atomic E-state index is 13.2. The lowest BCUT2D eigenvalue weighted by Crippen LogP contribution is -2.36. The zero-order chi connectivity index (χ0) is 25.1. The number of likely N-dealkylation sites (N-methyl/N-ethyl adjacent to an activating group) is 1. The topological polar surface area (TPSA) is 37.4 Å². The van der Waals surface area contributed by atoms with Gasteiger partial charge in [0.15, 0.2) is 0 Å². The molecule has 0 radical (unpaired) electrons. The molecule has 3 nitrogen and oxygen atoms in total. The van der Waals surface area contributed by atoms with Gasteiger partial charge in [0.05, 0.1) is 4.90 Å². The number of hydrogen-bond acceptors (Lipinski definition) is 2. The molecule has 1 unspecified atom stereocenters. The van der Waals surface area contributed by atoms with E-state index in [9.17, 15) is 8.42 Å². The van der Waals surface area contributed by atoms with Crippen LogP contribution in [0.15, 0.2) is 53.0 Å². The first-order valence-electron chi connectivity index (χ1n) is 12.6. The molecule has 1 rings (SSSR count). The fraction of sp³-hybridized carbons (Fsp3) is 0.571. The van der Waals surface area contributed by atoms with Crippen molar-refractivity contribution in [2.45, 2.75) is 103 Å². The Morgan fingerprint density at radius 1 is 1.06 bits per heavy atom. The lowest BCUT2D eigenvalue weighted by Gasteiger charge is -2.26. The van der Waals surface area contributed by atoms with Gasteiger partial charge in [-0.3, -0.25) is 0 Å². The molecular weight excluding hydrogens is 442 g/mol. The Hall–Kier alpha value is -1.61. The Labute approximate surface area is 205 Å². The van der Waals surface area contributed by atoms with E-state index in [-0.39, 0.29) is 6.04 Å². The summed E-state index contributed by atoms with van der Waals surface area (Å²) in [4.78, 5) is 0.306. The molecule has 1 aromatic carbocycles. The summed E-state index contributed by atoms with van der Waals surface area (Å²) in [7, 11) is -3.60. The molecule has 1 aromatic rings. The third-order valence-electron chi connectivity index (χ3n) is 6.99. The summed E-state index contributed by atoms with van der Waals surface area (Å²) >= 11 is 0. The Kier molecular flexibility index (Phi) is 12.4. The lowest BCUT2D eigenvalue weighted by atomic mass is 10.00. The molecule has 0 N–H and O–H groups in total. The number of allylic oxidation sites excluding steroid dienone is 1. The Morgan fingerprint density at radius 2 is 1.64 bits per heavy atom. The van der Waals surface area contributed by atoms with Crippen LogP contribution in [-0.2, 0) is 10.0 Å². The quantitative estimate of drug-likeness (QED) is 0.125. The van der Waals surface area contributed by atoms with Crippen molar-refractivity contribution in [3.05, 3.63) is 53.6 Å². The molecule has 0 aromatic heterocycles. The van der Waals surface area contributed by atoms with Crippen LogP contribution < -0.4 is 0 Å². The minimum absolute atomic E-state index is 0.306. The molecule has 0 heterocycles. The van der Waals surface area contributed by atoms with E-state index in [0.29, 0.717) is 4.90 Å². The Bertz CT molecular complexity index is 940. The third kappa shape index (κ3) is 8.28. The summed E-state index contributed by atoms with van der Waals surface area (Å²) in [6, 6.07) is 10.0. The molecule has 0 amide bonds. The number of unbranched alkanes of at least 4 members (excludes halogenated alkanes) is 4. The first-order chi connectivity index (χ1) is 15.6. The largest absolute Gasteiger partial charge is 0.243 e. The average Bonchev–Trinajstić information content (AvgIpc) is 2.82. The van der Waals surface area contributed by atoms with Gasteiger partial charge in [-0.2, -0.15) is 4.31 Å². The van der Waals surface area contributed by atoms with Crippen LogP contribution in [0.3, 0.4) is 0 Å². The van der Waals surface area contributed by atoms with Gasteiger partial charge in [-0.25, -0.2) is 8.42 Å². The smallest absolute Gasteiger partial charge is 0.207 e. The fourth-order valence-corrected chi connectivity index (χ4v) is 7.61. The van der Waals surface area contributed by atoms with Crippen LogP contribution in [0.2, 0.25) is 18.1 Å². The first-order valence-corrected chi connectivity index (χ1v) is 16.6. The summed E-state index contributed by atoms with van der Waals surface area (Å²) in [6.45, 7) is 17.2. The van der Waals surface area contributed by atoms with Gasteiger partial charge in [0.25, 0.3) is 0 Å². The monoisotopic (exact) mass is 487 g/mol. The molecule has 33 heavy (non-hydrogen) atoms. The van der Waals surface area contributed by atoms with E-state index in [2.05, 4.69) is 51.8 Å². The number of rotatable bonds is 13. The maximum atomic E-state index is 13.2. The van der Waals surface area contributed by atoms with E-state index in [1.807, 2.05) is 26.0 Å². The maximum Gasteiger partial charge on any atom is 0.243 e. The summed E-state index contributed by atoms with van der Waals surface area (Å²) in [5.74, 6) is 3.49. The molecule has 0 spiro atoms. The van der Waals surface area contributed by atoms with Gasteiger partial charge in [0.1, 0.15) is 8.07 Å². The van der Waals surface area contributed by atoms with Crippen molar-refractivity contribution in [3.8, 4) is 11.5 Å². The van der Waals surface area contributed by atoms with Crippen LogP contribution in [0.25, 0.3) is 0 Å². The Morgan fingerprint density at radius 3 is 2.15 bits per heavy atom. The molecule has 5 heteroatoms. The molecule has 0 aliphatic heterocycles. The van der Waals surface area contributed by atoms with Gasteiger partial charge in [-0.1, -0.05) is 83.2 Å². The van der Waals surface area contributed by atoms with Crippen molar-refractivity contribution >= 4 is 18.1 Å². The van der Waals surface area contributed by atoms with Crippen LogP contribution in [0.4, 0.5) is 0 Å². The van der Waals surface area contributed by atoms with Crippen LogP contribution in [0.1, 0.15) is 72.3 Å². The highest BCUT2D eigenvalue weighted by Crippen LogP contribution is 2.25. The Balaban J connectivity index is 3.24. The summed E-state index contributed by atoms with van der Waals surface area (Å²) in [5.41, 5.74) is 6.41. The van der Waals surface area contributed by atoms with Crippen molar-refractivity contribution in [1.29, 1.82) is 0 Å². The van der Waals surface area contributed by atoms with E-state index in [4.69, 9.17) is 0 Å². The van der Waals surface area contributed by atoms with E-state index in [1.54, 1.807) is 19.2 Å². The van der Waals surface area contributed by atoms with Crippen LogP contribution in [0.5, 0.6) is 0 Å². The predicted molar refractivity (Wildman–Crippen MR) is 147 cm³/mol. The highest BCUT2D eigenvalue weighted by molar-refractivity contribution is 7.89. The molecular formula is C28H45NO2SSi. The summed E-state index contributed by atoms with van der Waals surface area (Å²) < 4.78 is 27.9. The van der Waals surface area contributed by atoms with E-state index >= 15 is 0 Å². The molecule has 0 bridgehead atoms. The van der Waals surface area contributed by atoms with Crippen molar-refractivity contribution < 1.29 is 8.42 Å². The first kappa shape index (κ1) is 29.4. The normalized spacial score (nSPS) is 13.5. The zero-order valence-electron chi connectivity index (χ0n) is 22.0. The highest BCUT2D eigenvalue weighted by Gasteiger charge is 2.28. The van der Waals surface area contributed by atoms with Crippen LogP contribution >= 0.6 is 0 Å². The molecule has 0 fully saturated rings. The number of aryl methyl sites for hydroxylation is 1. The third-order valence-corrected chi connectivity index (χ3v) is 13.7. The molecule has 0 saturated carbocycles. The molecule has 0 saturated heterocycles. The molecule has 0 aliphatic carbocycles. The standard InChI is InChI=1S/C28H45NO2SSi/c1-9-13-14-15-16-17-27(22-23-33(10-2,11-3)12-4)25(6)26(7)29(8)32(30,31)28-20-18-24(5)19-21-28/h17-21,26H,6,9-16H2,1-5,7-8H3/b27-17+. The summed E-state index contributed by atoms with van der Waals surface area (Å²) in [5, 5.41) is 0. The average molecular weight is 488 g/mol. The second-order valence-corrected chi connectivity index (χ2v) is 16.0. The minimum atomic E-state index is -3.62. The molecule has 184 valence electrons. The van der Waals surface area contributed by atoms with E-state index < -0.39 is 18.1 Å². The van der Waals surface area contributed by atoms with Crippen molar-refractivity contribution in [1.82, 2.24) is 4.31 Å². The minimum Gasteiger partial charge on any atom is -0.207 e. The van der Waals surface area contributed by atoms with Gasteiger partial charge in [-0.15, -0.1) is 5.54 Å². The van der Waals surface area contributed by atoms with Crippen LogP contribution in [-0.4, -0.2) is 33.9 Å². The number of benzene rings is 1. The number of sulfonamides is 1. The van der Waals surface area contributed by atoms with Gasteiger partial charge < -0.3 is 0 Å². The van der Waals surface area contributed by atoms with Crippen molar-refractivity contribution in [2.75, 3.05) is 7.05 Å². The van der Waals surface area contributed by atoms with Crippen molar-refractivity contribution in [3.63, 3.8) is 0 Å². The van der Waals surface area contributed by atoms with E-state index in [0.717, 1.165) is 47.7 Å². The second-order valence-electron chi connectivity index (χ2n) is 9.09. The zero-order valence-corrected chi connectivity index (χ0v) is 23.8. The highest BCUT2D eigenvalue weighted by atomic mass is 32.2. The van der Waals surface area contributed by atoms with Crippen molar-refractivity contribution in [2.24, 2.45) is 0 Å². The predicted octanol–water partition coefficient (Wildman–Crippen LogP) is 7.51. The second kappa shape index (κ2) is 13.9. The molecule has 0 aliphatic rings. The number of hydrogen-bond donors (Lipinski definition) is 0. The van der Waals surface area contributed by atoms with Gasteiger partial charge in [0, 0.05) is 18.7 Å². The summed E-state index contributed by atoms with van der Waals surface area (Å²) in [6.07, 6.45) is 7.91. The lowest BCUT2D eigenvalue weighted by molar-refractivity contribution is 0.427. The number of nitrogens with zero attached hydrogens (tertiary/aromatic N) is 1. The van der Waals surface area contributed by atoms with Gasteiger partial charge in [-0.05, 0) is 62.5 Å². The van der Waals surface area contributed by atoms with E-state index in [1.165, 1.54) is 23.6 Å².